The molecular formula is C48H36P+. The van der Waals surface area contributed by atoms with Crippen molar-refractivity contribution in [1.82, 2.24) is 0 Å². The van der Waals surface area contributed by atoms with Crippen molar-refractivity contribution in [3.63, 3.8) is 0 Å². The van der Waals surface area contributed by atoms with Crippen molar-refractivity contribution in [3.8, 4) is 44.5 Å². The van der Waals surface area contributed by atoms with E-state index in [-0.39, 0.29) is 0 Å². The molecule has 0 aliphatic rings. The molecule has 8 rings (SSSR count). The molecule has 0 unspecified atom stereocenters. The van der Waals surface area contributed by atoms with E-state index in [9.17, 15) is 0 Å². The zero-order valence-electron chi connectivity index (χ0n) is 27.2. The third kappa shape index (κ3) is 6.04. The van der Waals surface area contributed by atoms with Crippen molar-refractivity contribution < 1.29 is 0 Å². The molecule has 0 aliphatic heterocycles. The fraction of sp³-hybridized carbons (Fsp3) is 0. The average molecular weight is 644 g/mol. The maximum Gasteiger partial charge on any atom is 0.144 e. The molecule has 0 bridgehead atoms. The summed E-state index contributed by atoms with van der Waals surface area (Å²) in [6.45, 7) is 0. The Morgan fingerprint density at radius 2 is 0.327 bits per heavy atom. The molecule has 0 spiro atoms. The first-order valence-electron chi connectivity index (χ1n) is 16.8. The summed E-state index contributed by atoms with van der Waals surface area (Å²) in [7, 11) is -2.35. The van der Waals surface area contributed by atoms with E-state index in [1.54, 1.807) is 0 Å². The van der Waals surface area contributed by atoms with Crippen molar-refractivity contribution in [1.29, 1.82) is 0 Å². The summed E-state index contributed by atoms with van der Waals surface area (Å²) in [5.74, 6) is 0. The second-order valence-corrected chi connectivity index (χ2v) is 15.7. The molecule has 49 heavy (non-hydrogen) atoms. The van der Waals surface area contributed by atoms with E-state index in [1.807, 2.05) is 0 Å². The van der Waals surface area contributed by atoms with Crippen LogP contribution in [0.2, 0.25) is 0 Å². The minimum absolute atomic E-state index is 1.22. The lowest BCUT2D eigenvalue weighted by atomic mass is 10.1. The number of hydrogen-bond acceptors (Lipinski definition) is 0. The molecule has 0 amide bonds. The van der Waals surface area contributed by atoms with E-state index < -0.39 is 7.26 Å². The van der Waals surface area contributed by atoms with Crippen LogP contribution >= 0.6 is 7.26 Å². The van der Waals surface area contributed by atoms with E-state index >= 15 is 0 Å². The quantitative estimate of drug-likeness (QED) is 0.145. The van der Waals surface area contributed by atoms with Crippen LogP contribution in [0.15, 0.2) is 218 Å². The first kappa shape index (κ1) is 30.5. The van der Waals surface area contributed by atoms with Crippen LogP contribution in [0.4, 0.5) is 0 Å². The molecule has 0 aliphatic carbocycles. The van der Waals surface area contributed by atoms with Gasteiger partial charge in [0.2, 0.25) is 0 Å². The van der Waals surface area contributed by atoms with Crippen molar-refractivity contribution in [2.24, 2.45) is 0 Å². The Kier molecular flexibility index (Phi) is 8.55. The van der Waals surface area contributed by atoms with Crippen LogP contribution in [0.3, 0.4) is 0 Å². The number of benzene rings is 8. The molecule has 1 heteroatoms. The summed E-state index contributed by atoms with van der Waals surface area (Å²) >= 11 is 0. The van der Waals surface area contributed by atoms with Crippen LogP contribution < -0.4 is 21.2 Å². The van der Waals surface area contributed by atoms with Gasteiger partial charge in [-0.25, -0.2) is 0 Å². The van der Waals surface area contributed by atoms with Crippen LogP contribution in [-0.2, 0) is 0 Å². The summed E-state index contributed by atoms with van der Waals surface area (Å²) in [5.41, 5.74) is 9.80. The largest absolute Gasteiger partial charge is 0.144 e. The maximum atomic E-state index is 2.37. The number of rotatable bonds is 8. The highest BCUT2D eigenvalue weighted by atomic mass is 31.2. The normalized spacial score (nSPS) is 11.3. The van der Waals surface area contributed by atoms with Gasteiger partial charge in [-0.3, -0.25) is 0 Å². The fourth-order valence-corrected chi connectivity index (χ4v) is 11.1. The molecule has 0 N–H and O–H groups in total. The monoisotopic (exact) mass is 643 g/mol. The third-order valence-corrected chi connectivity index (χ3v) is 13.7. The summed E-state index contributed by atoms with van der Waals surface area (Å²) in [6, 6.07) is 80.0. The summed E-state index contributed by atoms with van der Waals surface area (Å²) in [6.07, 6.45) is 0. The predicted octanol–water partition coefficient (Wildman–Crippen LogP) is 11.0. The molecule has 8 aromatic carbocycles. The van der Waals surface area contributed by atoms with E-state index in [2.05, 4.69) is 218 Å². The van der Waals surface area contributed by atoms with Gasteiger partial charge < -0.3 is 0 Å². The van der Waals surface area contributed by atoms with Gasteiger partial charge in [0, 0.05) is 0 Å². The van der Waals surface area contributed by atoms with Gasteiger partial charge >= 0.3 is 0 Å². The van der Waals surface area contributed by atoms with Gasteiger partial charge in [0.15, 0.2) is 0 Å². The zero-order valence-corrected chi connectivity index (χ0v) is 28.1. The van der Waals surface area contributed by atoms with Gasteiger partial charge in [-0.05, 0) is 93.0 Å². The Hall–Kier alpha value is -5.81. The lowest BCUT2D eigenvalue weighted by Gasteiger charge is -2.28. The molecule has 8 aromatic rings. The maximum absolute atomic E-state index is 2.37. The standard InChI is InChI=1S/C48H36P/c1-5-13-37(14-6-1)41-21-29-45(30-22-41)49(46-31-23-42(24-32-46)38-15-7-2-8-16-38,47-33-25-43(26-34-47)39-17-9-3-10-18-39)48-35-27-44(28-36-48)40-19-11-4-12-20-40/h1-36H/q+1. The topological polar surface area (TPSA) is 0 Å². The first-order valence-corrected chi connectivity index (χ1v) is 18.6. The van der Waals surface area contributed by atoms with Crippen molar-refractivity contribution in [3.05, 3.63) is 218 Å². The molecule has 0 saturated carbocycles. The molecule has 0 saturated heterocycles. The lowest BCUT2D eigenvalue weighted by Crippen LogP contribution is -2.38. The lowest BCUT2D eigenvalue weighted by molar-refractivity contribution is 1.62. The van der Waals surface area contributed by atoms with Crippen molar-refractivity contribution >= 4 is 28.5 Å². The molecular weight excluding hydrogens is 608 g/mol. The fourth-order valence-electron chi connectivity index (χ4n) is 6.93. The van der Waals surface area contributed by atoms with Crippen LogP contribution in [0.1, 0.15) is 0 Å². The van der Waals surface area contributed by atoms with Crippen molar-refractivity contribution in [2.45, 2.75) is 0 Å². The van der Waals surface area contributed by atoms with Gasteiger partial charge in [0.05, 0.1) is 0 Å². The average Bonchev–Trinajstić information content (AvgIpc) is 3.20. The second kappa shape index (κ2) is 13.7. The number of hydrogen-bond donors (Lipinski definition) is 0. The third-order valence-electron chi connectivity index (χ3n) is 9.45. The minimum Gasteiger partial charge on any atom is -0.0622 e. The van der Waals surface area contributed by atoms with Crippen LogP contribution in [0.5, 0.6) is 0 Å². The van der Waals surface area contributed by atoms with Gasteiger partial charge in [-0.15, -0.1) is 0 Å². The van der Waals surface area contributed by atoms with E-state index in [1.165, 1.54) is 65.7 Å². The molecule has 0 radical (unpaired) electrons. The highest BCUT2D eigenvalue weighted by Gasteiger charge is 2.48. The van der Waals surface area contributed by atoms with E-state index in [0.717, 1.165) is 0 Å². The Morgan fingerprint density at radius 3 is 0.510 bits per heavy atom. The molecule has 232 valence electrons. The molecule has 0 atom stereocenters. The summed E-state index contributed by atoms with van der Waals surface area (Å²) < 4.78 is 0. The minimum atomic E-state index is -2.35. The van der Waals surface area contributed by atoms with Crippen molar-refractivity contribution in [2.75, 3.05) is 0 Å². The molecule has 0 heterocycles. The smallest absolute Gasteiger partial charge is 0.0622 e. The Balaban J connectivity index is 1.35. The molecule has 0 nitrogen and oxygen atoms in total. The van der Waals surface area contributed by atoms with Gasteiger partial charge in [-0.2, -0.15) is 0 Å². The summed E-state index contributed by atoms with van der Waals surface area (Å²) in [4.78, 5) is 0. The Labute approximate surface area is 290 Å². The van der Waals surface area contributed by atoms with Crippen LogP contribution in [0.25, 0.3) is 44.5 Å². The second-order valence-electron chi connectivity index (χ2n) is 12.3. The molecule has 0 aromatic heterocycles. The predicted molar refractivity (Wildman–Crippen MR) is 213 cm³/mol. The van der Waals surface area contributed by atoms with Crippen LogP contribution in [-0.4, -0.2) is 0 Å². The molecule has 0 fully saturated rings. The van der Waals surface area contributed by atoms with Gasteiger partial charge in [0.1, 0.15) is 28.5 Å². The Morgan fingerprint density at radius 1 is 0.163 bits per heavy atom. The Bertz CT molecular complexity index is 1900. The zero-order chi connectivity index (χ0) is 32.9. The summed E-state index contributed by atoms with van der Waals surface area (Å²) in [5, 5.41) is 5.33. The highest BCUT2D eigenvalue weighted by Crippen LogP contribution is 2.55. The van der Waals surface area contributed by atoms with E-state index in [0.29, 0.717) is 0 Å². The van der Waals surface area contributed by atoms with Gasteiger partial charge in [-0.1, -0.05) is 170 Å². The van der Waals surface area contributed by atoms with Crippen LogP contribution in [0, 0.1) is 0 Å². The first-order chi connectivity index (χ1) is 24.3. The highest BCUT2D eigenvalue weighted by molar-refractivity contribution is 8.01. The van der Waals surface area contributed by atoms with E-state index in [4.69, 9.17) is 0 Å². The van der Waals surface area contributed by atoms with Gasteiger partial charge in [0.25, 0.3) is 0 Å². The SMILES string of the molecule is c1ccc(-c2ccc([P+](c3ccc(-c4ccccc4)cc3)(c3ccc(-c4ccccc4)cc3)c3ccc(-c4ccccc4)cc3)cc2)cc1.